The first kappa shape index (κ1) is 13.9. The van der Waals surface area contributed by atoms with Crippen LogP contribution in [0.4, 0.5) is 11.4 Å². The molecule has 0 aliphatic rings. The summed E-state index contributed by atoms with van der Waals surface area (Å²) >= 11 is 0. The number of pyridine rings is 1. The first-order valence-corrected chi connectivity index (χ1v) is 6.28. The largest absolute Gasteiger partial charge is 0.469 e. The minimum absolute atomic E-state index is 0.225. The van der Waals surface area contributed by atoms with Gasteiger partial charge < -0.3 is 16.2 Å². The first-order valence-electron chi connectivity index (χ1n) is 6.28. The van der Waals surface area contributed by atoms with Crippen LogP contribution in [0.1, 0.15) is 12.0 Å². The van der Waals surface area contributed by atoms with Gasteiger partial charge in [-0.3, -0.25) is 9.78 Å². The maximum Gasteiger partial charge on any atom is 0.305 e. The van der Waals surface area contributed by atoms with Gasteiger partial charge in [-0.2, -0.15) is 0 Å². The normalized spacial score (nSPS) is 10.2. The Kier molecular flexibility index (Phi) is 4.20. The zero-order valence-corrected chi connectivity index (χ0v) is 11.3. The molecule has 1 aromatic carbocycles. The molecule has 0 amide bonds. The molecule has 1 aromatic heterocycles. The minimum atomic E-state index is -0.225. The van der Waals surface area contributed by atoms with Crippen LogP contribution in [0.3, 0.4) is 0 Å². The van der Waals surface area contributed by atoms with E-state index in [-0.39, 0.29) is 5.97 Å². The number of anilines is 2. The smallest absolute Gasteiger partial charge is 0.305 e. The number of ether oxygens (including phenoxy) is 1. The third-order valence-corrected chi connectivity index (χ3v) is 3.07. The van der Waals surface area contributed by atoms with E-state index in [4.69, 9.17) is 11.5 Å². The number of carbonyl (C=O) groups is 1. The predicted octanol–water partition coefficient (Wildman–Crippen LogP) is 2.02. The number of esters is 1. The average Bonchev–Trinajstić information content (AvgIpc) is 2.48. The van der Waals surface area contributed by atoms with Gasteiger partial charge in [0, 0.05) is 18.2 Å². The fourth-order valence-corrected chi connectivity index (χ4v) is 1.94. The van der Waals surface area contributed by atoms with Gasteiger partial charge in [0.2, 0.25) is 0 Å². The Labute approximate surface area is 117 Å². The van der Waals surface area contributed by atoms with E-state index in [0.717, 1.165) is 11.1 Å². The van der Waals surface area contributed by atoms with Gasteiger partial charge in [-0.25, -0.2) is 0 Å². The van der Waals surface area contributed by atoms with E-state index < -0.39 is 0 Å². The van der Waals surface area contributed by atoms with Crippen LogP contribution >= 0.6 is 0 Å². The molecule has 4 N–H and O–H groups in total. The van der Waals surface area contributed by atoms with Crippen molar-refractivity contribution < 1.29 is 9.53 Å². The molecule has 20 heavy (non-hydrogen) atoms. The molecule has 0 aliphatic carbocycles. The number of carbonyl (C=O) groups excluding carboxylic acids is 1. The topological polar surface area (TPSA) is 91.2 Å². The van der Waals surface area contributed by atoms with E-state index in [0.29, 0.717) is 29.9 Å². The number of benzene rings is 1. The number of rotatable bonds is 4. The van der Waals surface area contributed by atoms with Gasteiger partial charge in [0.1, 0.15) is 0 Å². The predicted molar refractivity (Wildman–Crippen MR) is 78.8 cm³/mol. The standard InChI is InChI=1S/C15H17N3O2/c1-20-13(19)6-5-10-3-2-4-11(9-10)15-14(17)12(16)7-8-18-15/h2-4,7-9H,5-6,17H2,1H3,(H2,16,18). The number of hydrogen-bond donors (Lipinski definition) is 2. The van der Waals surface area contributed by atoms with Crippen molar-refractivity contribution in [1.82, 2.24) is 4.98 Å². The molecule has 0 atom stereocenters. The highest BCUT2D eigenvalue weighted by Gasteiger charge is 2.08. The highest BCUT2D eigenvalue weighted by atomic mass is 16.5. The second-order valence-electron chi connectivity index (χ2n) is 4.44. The SMILES string of the molecule is COC(=O)CCc1cccc(-c2nccc(N)c2N)c1. The maximum atomic E-state index is 11.2. The number of nitrogens with zero attached hydrogens (tertiary/aromatic N) is 1. The van der Waals surface area contributed by atoms with E-state index in [1.54, 1.807) is 12.3 Å². The summed E-state index contributed by atoms with van der Waals surface area (Å²) in [6, 6.07) is 9.40. The lowest BCUT2D eigenvalue weighted by molar-refractivity contribution is -0.140. The van der Waals surface area contributed by atoms with Crippen LogP contribution in [0.2, 0.25) is 0 Å². The Balaban J connectivity index is 2.25. The Morgan fingerprint density at radius 2 is 2.10 bits per heavy atom. The average molecular weight is 271 g/mol. The molecule has 0 unspecified atom stereocenters. The van der Waals surface area contributed by atoms with E-state index in [1.165, 1.54) is 7.11 Å². The molecular weight excluding hydrogens is 254 g/mol. The monoisotopic (exact) mass is 271 g/mol. The lowest BCUT2D eigenvalue weighted by atomic mass is 10.0. The van der Waals surface area contributed by atoms with Crippen LogP contribution < -0.4 is 11.5 Å². The van der Waals surface area contributed by atoms with Crippen molar-refractivity contribution in [2.75, 3.05) is 18.6 Å². The van der Waals surface area contributed by atoms with Crippen molar-refractivity contribution in [1.29, 1.82) is 0 Å². The molecule has 104 valence electrons. The van der Waals surface area contributed by atoms with Crippen LogP contribution in [0.5, 0.6) is 0 Å². The fraction of sp³-hybridized carbons (Fsp3) is 0.200. The molecule has 0 aliphatic heterocycles. The molecule has 0 saturated heterocycles. The summed E-state index contributed by atoms with van der Waals surface area (Å²) in [7, 11) is 1.39. The van der Waals surface area contributed by atoms with Crippen molar-refractivity contribution in [2.24, 2.45) is 0 Å². The van der Waals surface area contributed by atoms with Crippen molar-refractivity contribution in [3.8, 4) is 11.3 Å². The Morgan fingerprint density at radius 1 is 1.30 bits per heavy atom. The third kappa shape index (κ3) is 3.06. The van der Waals surface area contributed by atoms with Gasteiger partial charge >= 0.3 is 5.97 Å². The van der Waals surface area contributed by atoms with Gasteiger partial charge in [-0.05, 0) is 24.1 Å². The number of nitrogens with two attached hydrogens (primary N) is 2. The lowest BCUT2D eigenvalue weighted by Gasteiger charge is -2.08. The summed E-state index contributed by atoms with van der Waals surface area (Å²) in [5, 5.41) is 0. The lowest BCUT2D eigenvalue weighted by Crippen LogP contribution is -2.02. The highest BCUT2D eigenvalue weighted by Crippen LogP contribution is 2.28. The Bertz CT molecular complexity index is 626. The zero-order valence-electron chi connectivity index (χ0n) is 11.3. The van der Waals surface area contributed by atoms with Crippen molar-refractivity contribution in [3.05, 3.63) is 42.1 Å². The molecular formula is C15H17N3O2. The summed E-state index contributed by atoms with van der Waals surface area (Å²) < 4.78 is 4.63. The number of aryl methyl sites for hydroxylation is 1. The van der Waals surface area contributed by atoms with Crippen molar-refractivity contribution in [2.45, 2.75) is 12.8 Å². The summed E-state index contributed by atoms with van der Waals surface area (Å²) in [4.78, 5) is 15.4. The summed E-state index contributed by atoms with van der Waals surface area (Å²) in [6.07, 6.45) is 2.59. The summed E-state index contributed by atoms with van der Waals surface area (Å²) in [6.45, 7) is 0. The molecule has 0 bridgehead atoms. The molecule has 2 aromatic rings. The Hall–Kier alpha value is -2.56. The zero-order chi connectivity index (χ0) is 14.5. The van der Waals surface area contributed by atoms with Crippen molar-refractivity contribution >= 4 is 17.3 Å². The van der Waals surface area contributed by atoms with E-state index >= 15 is 0 Å². The third-order valence-electron chi connectivity index (χ3n) is 3.07. The van der Waals surface area contributed by atoms with E-state index in [9.17, 15) is 4.79 Å². The molecule has 2 rings (SSSR count). The number of nitrogen functional groups attached to an aromatic ring is 2. The molecule has 0 fully saturated rings. The second-order valence-corrected chi connectivity index (χ2v) is 4.44. The van der Waals surface area contributed by atoms with Crippen molar-refractivity contribution in [3.63, 3.8) is 0 Å². The molecule has 5 heteroatoms. The van der Waals surface area contributed by atoms with Crippen LogP contribution in [-0.4, -0.2) is 18.1 Å². The number of hydrogen-bond acceptors (Lipinski definition) is 5. The fourth-order valence-electron chi connectivity index (χ4n) is 1.94. The molecule has 5 nitrogen and oxygen atoms in total. The van der Waals surface area contributed by atoms with Gasteiger partial charge in [0.15, 0.2) is 0 Å². The van der Waals surface area contributed by atoms with Crippen LogP contribution in [0.15, 0.2) is 36.5 Å². The van der Waals surface area contributed by atoms with Gasteiger partial charge in [0.05, 0.1) is 24.2 Å². The van der Waals surface area contributed by atoms with E-state index in [1.807, 2.05) is 24.3 Å². The Morgan fingerprint density at radius 3 is 2.85 bits per heavy atom. The van der Waals surface area contributed by atoms with E-state index in [2.05, 4.69) is 9.72 Å². The van der Waals surface area contributed by atoms with Crippen LogP contribution in [0.25, 0.3) is 11.3 Å². The molecule has 0 spiro atoms. The highest BCUT2D eigenvalue weighted by molar-refractivity contribution is 5.81. The molecule has 1 heterocycles. The quantitative estimate of drug-likeness (QED) is 0.830. The van der Waals surface area contributed by atoms with Gasteiger partial charge in [-0.15, -0.1) is 0 Å². The summed E-state index contributed by atoms with van der Waals surface area (Å²) in [5.41, 5.74) is 15.3. The second kappa shape index (κ2) is 6.06. The molecule has 0 saturated carbocycles. The number of methoxy groups -OCH3 is 1. The number of aromatic nitrogens is 1. The molecule has 0 radical (unpaired) electrons. The van der Waals surface area contributed by atoms with Gasteiger partial charge in [-0.1, -0.05) is 18.2 Å². The van der Waals surface area contributed by atoms with Crippen LogP contribution in [0, 0.1) is 0 Å². The maximum absolute atomic E-state index is 11.2. The van der Waals surface area contributed by atoms with Gasteiger partial charge in [0.25, 0.3) is 0 Å². The minimum Gasteiger partial charge on any atom is -0.469 e. The first-order chi connectivity index (χ1) is 9.61. The summed E-state index contributed by atoms with van der Waals surface area (Å²) in [5.74, 6) is -0.225. The van der Waals surface area contributed by atoms with Crippen LogP contribution in [-0.2, 0) is 16.0 Å².